The van der Waals surface area contributed by atoms with Crippen LogP contribution < -0.4 is 5.48 Å². The number of piperidine rings is 1. The van der Waals surface area contributed by atoms with Crippen molar-refractivity contribution in [3.8, 4) is 0 Å². The lowest BCUT2D eigenvalue weighted by atomic mass is 9.99. The summed E-state index contributed by atoms with van der Waals surface area (Å²) in [5.41, 5.74) is 3.61. The second kappa shape index (κ2) is 6.91. The molecule has 1 amide bonds. The number of carboxylic acids is 1. The Morgan fingerprint density at radius 3 is 2.80 bits per heavy atom. The van der Waals surface area contributed by atoms with Gasteiger partial charge in [-0.15, -0.1) is 5.48 Å². The summed E-state index contributed by atoms with van der Waals surface area (Å²) in [6.45, 7) is 1.17. The van der Waals surface area contributed by atoms with Crippen molar-refractivity contribution >= 4 is 12.1 Å². The van der Waals surface area contributed by atoms with Crippen molar-refractivity contribution in [3.63, 3.8) is 0 Å². The first-order valence-electron chi connectivity index (χ1n) is 6.62. The Morgan fingerprint density at radius 1 is 1.35 bits per heavy atom. The zero-order valence-corrected chi connectivity index (χ0v) is 11.1. The number of hydroxylamine groups is 1. The fourth-order valence-corrected chi connectivity index (χ4v) is 2.19. The van der Waals surface area contributed by atoms with E-state index in [2.05, 4.69) is 5.48 Å². The van der Waals surface area contributed by atoms with Crippen LogP contribution in [0.4, 0.5) is 4.79 Å². The largest absolute Gasteiger partial charge is 0.481 e. The van der Waals surface area contributed by atoms with Crippen LogP contribution >= 0.6 is 0 Å². The number of carbonyl (C=O) groups excluding carboxylic acids is 1. The molecular formula is C14H18N2O4. The summed E-state index contributed by atoms with van der Waals surface area (Å²) in [6.07, 6.45) is 0.772. The molecule has 2 rings (SSSR count). The second-order valence-electron chi connectivity index (χ2n) is 4.80. The Balaban J connectivity index is 1.75. The number of benzene rings is 1. The highest BCUT2D eigenvalue weighted by molar-refractivity contribution is 5.73. The van der Waals surface area contributed by atoms with Gasteiger partial charge >= 0.3 is 12.1 Å². The zero-order chi connectivity index (χ0) is 14.4. The van der Waals surface area contributed by atoms with Crippen molar-refractivity contribution in [2.75, 3.05) is 13.1 Å². The van der Waals surface area contributed by atoms with Crippen LogP contribution in [0.5, 0.6) is 0 Å². The normalized spacial score (nSPS) is 18.6. The SMILES string of the molecule is O=C(O)C1CCCN(C(=O)ONCc2ccccc2)C1. The molecule has 1 aromatic carbocycles. The van der Waals surface area contributed by atoms with Gasteiger partial charge in [-0.05, 0) is 18.4 Å². The van der Waals surface area contributed by atoms with Crippen molar-refractivity contribution in [1.29, 1.82) is 0 Å². The first-order chi connectivity index (χ1) is 9.66. The number of aliphatic carboxylic acids is 1. The van der Waals surface area contributed by atoms with Gasteiger partial charge in [0.15, 0.2) is 0 Å². The number of carbonyl (C=O) groups is 2. The van der Waals surface area contributed by atoms with Gasteiger partial charge < -0.3 is 14.8 Å². The van der Waals surface area contributed by atoms with E-state index in [4.69, 9.17) is 9.94 Å². The van der Waals surface area contributed by atoms with Crippen LogP contribution in [0, 0.1) is 5.92 Å². The molecule has 1 heterocycles. The number of rotatable bonds is 4. The Morgan fingerprint density at radius 2 is 2.10 bits per heavy atom. The molecule has 0 spiro atoms. The highest BCUT2D eigenvalue weighted by Crippen LogP contribution is 2.17. The van der Waals surface area contributed by atoms with Gasteiger partial charge in [-0.1, -0.05) is 30.3 Å². The molecule has 108 valence electrons. The number of amides is 1. The molecule has 6 heteroatoms. The standard InChI is InChI=1S/C14H18N2O4/c17-13(18)12-7-4-8-16(10-12)14(19)20-15-9-11-5-2-1-3-6-11/h1-3,5-6,12,15H,4,7-10H2,(H,17,18). The molecule has 1 aromatic rings. The van der Waals surface area contributed by atoms with Gasteiger partial charge in [-0.2, -0.15) is 0 Å². The lowest BCUT2D eigenvalue weighted by molar-refractivity contribution is -0.143. The summed E-state index contributed by atoms with van der Waals surface area (Å²) >= 11 is 0. The maximum absolute atomic E-state index is 11.8. The minimum Gasteiger partial charge on any atom is -0.481 e. The maximum Gasteiger partial charge on any atom is 0.428 e. The van der Waals surface area contributed by atoms with Gasteiger partial charge in [-0.3, -0.25) is 4.79 Å². The van der Waals surface area contributed by atoms with Crippen molar-refractivity contribution in [2.24, 2.45) is 5.92 Å². The molecule has 0 aliphatic carbocycles. The highest BCUT2D eigenvalue weighted by Gasteiger charge is 2.28. The van der Waals surface area contributed by atoms with E-state index < -0.39 is 18.0 Å². The molecule has 1 saturated heterocycles. The van der Waals surface area contributed by atoms with E-state index >= 15 is 0 Å². The Kier molecular flexibility index (Phi) is 4.95. The third-order valence-corrected chi connectivity index (χ3v) is 3.31. The fourth-order valence-electron chi connectivity index (χ4n) is 2.19. The van der Waals surface area contributed by atoms with Crippen molar-refractivity contribution in [3.05, 3.63) is 35.9 Å². The van der Waals surface area contributed by atoms with Gasteiger partial charge in [0.05, 0.1) is 12.5 Å². The molecule has 1 unspecified atom stereocenters. The van der Waals surface area contributed by atoms with E-state index in [9.17, 15) is 9.59 Å². The summed E-state index contributed by atoms with van der Waals surface area (Å²) in [6, 6.07) is 9.56. The smallest absolute Gasteiger partial charge is 0.428 e. The molecule has 0 bridgehead atoms. The average molecular weight is 278 g/mol. The lowest BCUT2D eigenvalue weighted by Gasteiger charge is -2.29. The maximum atomic E-state index is 11.8. The van der Waals surface area contributed by atoms with Gasteiger partial charge in [0.25, 0.3) is 0 Å². The molecule has 20 heavy (non-hydrogen) atoms. The molecule has 0 radical (unpaired) electrons. The van der Waals surface area contributed by atoms with E-state index in [1.54, 1.807) is 0 Å². The molecule has 6 nitrogen and oxygen atoms in total. The third-order valence-electron chi connectivity index (χ3n) is 3.31. The van der Waals surface area contributed by atoms with E-state index in [0.717, 1.165) is 5.56 Å². The molecule has 2 N–H and O–H groups in total. The quantitative estimate of drug-likeness (QED) is 0.818. The summed E-state index contributed by atoms with van der Waals surface area (Å²) in [7, 11) is 0. The second-order valence-corrected chi connectivity index (χ2v) is 4.80. The van der Waals surface area contributed by atoms with E-state index in [1.807, 2.05) is 30.3 Å². The Labute approximate surface area is 117 Å². The van der Waals surface area contributed by atoms with E-state index in [0.29, 0.717) is 25.9 Å². The minimum absolute atomic E-state index is 0.210. The number of likely N-dealkylation sites (tertiary alicyclic amines) is 1. The zero-order valence-electron chi connectivity index (χ0n) is 11.1. The van der Waals surface area contributed by atoms with Gasteiger partial charge in [0.2, 0.25) is 0 Å². The number of carboxylic acid groups (broad SMARTS) is 1. The summed E-state index contributed by atoms with van der Waals surface area (Å²) < 4.78 is 0. The molecule has 1 aliphatic rings. The predicted molar refractivity (Wildman–Crippen MR) is 71.7 cm³/mol. The van der Waals surface area contributed by atoms with Crippen LogP contribution in [-0.4, -0.2) is 35.2 Å². The van der Waals surface area contributed by atoms with Gasteiger partial charge in [-0.25, -0.2) is 4.79 Å². The van der Waals surface area contributed by atoms with Crippen LogP contribution in [0.1, 0.15) is 18.4 Å². The molecule has 1 atom stereocenters. The number of hydrogen-bond donors (Lipinski definition) is 2. The van der Waals surface area contributed by atoms with Crippen molar-refractivity contribution in [2.45, 2.75) is 19.4 Å². The molecular weight excluding hydrogens is 260 g/mol. The summed E-state index contributed by atoms with van der Waals surface area (Å²) in [5, 5.41) is 8.97. The lowest BCUT2D eigenvalue weighted by Crippen LogP contribution is -2.44. The molecule has 0 aromatic heterocycles. The third kappa shape index (κ3) is 3.96. The highest BCUT2D eigenvalue weighted by atomic mass is 16.7. The van der Waals surface area contributed by atoms with Crippen molar-refractivity contribution in [1.82, 2.24) is 10.4 Å². The molecule has 1 aliphatic heterocycles. The number of hydrogen-bond acceptors (Lipinski definition) is 4. The predicted octanol–water partition coefficient (Wildman–Crippen LogP) is 1.62. The summed E-state index contributed by atoms with van der Waals surface area (Å²) in [4.78, 5) is 29.1. The van der Waals surface area contributed by atoms with Crippen molar-refractivity contribution < 1.29 is 19.5 Å². The van der Waals surface area contributed by atoms with Crippen LogP contribution in [0.15, 0.2) is 30.3 Å². The van der Waals surface area contributed by atoms with Crippen LogP contribution in [0.25, 0.3) is 0 Å². The number of nitrogens with zero attached hydrogens (tertiary/aromatic N) is 1. The van der Waals surface area contributed by atoms with Crippen LogP contribution in [0.2, 0.25) is 0 Å². The first-order valence-corrected chi connectivity index (χ1v) is 6.62. The Hall–Kier alpha value is -2.08. The minimum atomic E-state index is -0.861. The van der Waals surface area contributed by atoms with Gasteiger partial charge in [0.1, 0.15) is 0 Å². The Bertz CT molecular complexity index is 464. The van der Waals surface area contributed by atoms with Gasteiger partial charge in [0, 0.05) is 13.1 Å². The monoisotopic (exact) mass is 278 g/mol. The topological polar surface area (TPSA) is 78.9 Å². The average Bonchev–Trinajstić information content (AvgIpc) is 2.48. The van der Waals surface area contributed by atoms with Crippen LogP contribution in [-0.2, 0) is 16.2 Å². The van der Waals surface area contributed by atoms with E-state index in [-0.39, 0.29) is 6.54 Å². The first kappa shape index (κ1) is 14.3. The fraction of sp³-hybridized carbons (Fsp3) is 0.429. The summed E-state index contributed by atoms with van der Waals surface area (Å²) in [5.74, 6) is -1.36. The molecule has 0 saturated carbocycles. The van der Waals surface area contributed by atoms with E-state index in [1.165, 1.54) is 4.90 Å². The van der Waals surface area contributed by atoms with Crippen LogP contribution in [0.3, 0.4) is 0 Å². The number of nitrogens with one attached hydrogen (secondary N) is 1. The molecule has 1 fully saturated rings.